The zero-order valence-electron chi connectivity index (χ0n) is 13.3. The Labute approximate surface area is 126 Å². The third-order valence-corrected chi connectivity index (χ3v) is 3.54. The van der Waals surface area contributed by atoms with E-state index < -0.39 is 17.7 Å². The summed E-state index contributed by atoms with van der Waals surface area (Å²) < 4.78 is 26.9. The van der Waals surface area contributed by atoms with Crippen LogP contribution in [0.5, 0.6) is 0 Å². The molecule has 1 aromatic rings. The van der Waals surface area contributed by atoms with Gasteiger partial charge in [-0.05, 0) is 46.1 Å². The number of benzene rings is 1. The molecule has 0 amide bonds. The summed E-state index contributed by atoms with van der Waals surface area (Å²) >= 11 is 0. The largest absolute Gasteiger partial charge is 0.324 e. The van der Waals surface area contributed by atoms with E-state index in [0.29, 0.717) is 6.42 Å². The van der Waals surface area contributed by atoms with Crippen LogP contribution in [-0.2, 0) is 0 Å². The van der Waals surface area contributed by atoms with Crippen molar-refractivity contribution < 1.29 is 8.78 Å². The average molecular weight is 299 g/mol. The number of rotatable bonds is 9. The van der Waals surface area contributed by atoms with Crippen LogP contribution in [0.4, 0.5) is 8.78 Å². The highest BCUT2D eigenvalue weighted by molar-refractivity contribution is 5.22. The van der Waals surface area contributed by atoms with E-state index in [1.165, 1.54) is 6.07 Å². The highest BCUT2D eigenvalue weighted by atomic mass is 19.2. The summed E-state index contributed by atoms with van der Waals surface area (Å²) in [7, 11) is 4.08. The summed E-state index contributed by atoms with van der Waals surface area (Å²) in [5.74, 6) is -1.65. The van der Waals surface area contributed by atoms with E-state index in [1.807, 2.05) is 14.1 Å². The third-order valence-electron chi connectivity index (χ3n) is 3.54. The quantitative estimate of drug-likeness (QED) is 0.761. The molecular weight excluding hydrogens is 272 g/mol. The van der Waals surface area contributed by atoms with Crippen LogP contribution in [0.3, 0.4) is 0 Å². The Hall–Kier alpha value is -1.04. The molecule has 5 heteroatoms. The van der Waals surface area contributed by atoms with Gasteiger partial charge in [-0.3, -0.25) is 0 Å². The molecule has 0 aliphatic carbocycles. The van der Waals surface area contributed by atoms with Gasteiger partial charge in [-0.2, -0.15) is 0 Å². The van der Waals surface area contributed by atoms with Gasteiger partial charge < -0.3 is 15.5 Å². The molecule has 0 spiro atoms. The maximum atomic E-state index is 13.7. The second-order valence-corrected chi connectivity index (χ2v) is 5.68. The predicted molar refractivity (Wildman–Crippen MR) is 83.2 cm³/mol. The average Bonchev–Trinajstić information content (AvgIpc) is 2.44. The standard InChI is InChI=1S/C16H27F2N3/c1-4-9-21(12-11-20(2)3)10-8-15(19)13-6-5-7-14(17)16(13)18/h5-7,15H,4,8-12,19H2,1-3H3. The van der Waals surface area contributed by atoms with Crippen LogP contribution in [0.2, 0.25) is 0 Å². The van der Waals surface area contributed by atoms with Crippen LogP contribution in [0, 0.1) is 11.6 Å². The van der Waals surface area contributed by atoms with Crippen molar-refractivity contribution in [2.75, 3.05) is 40.3 Å². The van der Waals surface area contributed by atoms with E-state index in [9.17, 15) is 8.78 Å². The van der Waals surface area contributed by atoms with Crippen LogP contribution >= 0.6 is 0 Å². The summed E-state index contributed by atoms with van der Waals surface area (Å²) in [5.41, 5.74) is 6.28. The first kappa shape index (κ1) is 18.0. The van der Waals surface area contributed by atoms with Gasteiger partial charge in [-0.25, -0.2) is 8.78 Å². The molecule has 0 saturated heterocycles. The lowest BCUT2D eigenvalue weighted by atomic mass is 10.0. The van der Waals surface area contributed by atoms with Gasteiger partial charge in [0.25, 0.3) is 0 Å². The molecule has 21 heavy (non-hydrogen) atoms. The SMILES string of the molecule is CCCN(CCC(N)c1cccc(F)c1F)CCN(C)C. The van der Waals surface area contributed by atoms with E-state index in [0.717, 1.165) is 38.7 Å². The first-order valence-electron chi connectivity index (χ1n) is 7.52. The summed E-state index contributed by atoms with van der Waals surface area (Å²) in [4.78, 5) is 4.45. The Balaban J connectivity index is 2.56. The Morgan fingerprint density at radius 2 is 1.81 bits per heavy atom. The Bertz CT molecular complexity index is 424. The van der Waals surface area contributed by atoms with Crippen molar-refractivity contribution in [3.8, 4) is 0 Å². The van der Waals surface area contributed by atoms with E-state index >= 15 is 0 Å². The lowest BCUT2D eigenvalue weighted by Crippen LogP contribution is -2.34. The summed E-state index contributed by atoms with van der Waals surface area (Å²) in [6.07, 6.45) is 1.69. The molecule has 0 aliphatic rings. The van der Waals surface area contributed by atoms with Gasteiger partial charge in [0.05, 0.1) is 0 Å². The molecule has 120 valence electrons. The molecule has 1 unspecified atom stereocenters. The molecule has 1 atom stereocenters. The number of hydrogen-bond acceptors (Lipinski definition) is 3. The molecule has 0 fully saturated rings. The minimum Gasteiger partial charge on any atom is -0.324 e. The number of nitrogens with zero attached hydrogens (tertiary/aromatic N) is 2. The molecule has 0 saturated carbocycles. The van der Waals surface area contributed by atoms with E-state index in [4.69, 9.17) is 5.73 Å². The molecule has 1 rings (SSSR count). The van der Waals surface area contributed by atoms with Crippen molar-refractivity contribution in [1.29, 1.82) is 0 Å². The predicted octanol–water partition coefficient (Wildman–Crippen LogP) is 2.63. The van der Waals surface area contributed by atoms with Gasteiger partial charge in [0.15, 0.2) is 11.6 Å². The fourth-order valence-electron chi connectivity index (χ4n) is 2.28. The monoisotopic (exact) mass is 299 g/mol. The molecule has 0 radical (unpaired) electrons. The smallest absolute Gasteiger partial charge is 0.163 e. The number of nitrogens with two attached hydrogens (primary N) is 1. The van der Waals surface area contributed by atoms with Gasteiger partial charge in [-0.1, -0.05) is 19.1 Å². The van der Waals surface area contributed by atoms with Crippen LogP contribution in [0.25, 0.3) is 0 Å². The van der Waals surface area contributed by atoms with E-state index in [1.54, 1.807) is 6.07 Å². The number of likely N-dealkylation sites (N-methyl/N-ethyl adjacent to an activating group) is 1. The Kier molecular flexibility index (Phi) is 7.78. The van der Waals surface area contributed by atoms with Crippen molar-refractivity contribution in [3.63, 3.8) is 0 Å². The van der Waals surface area contributed by atoms with Crippen molar-refractivity contribution in [2.24, 2.45) is 5.73 Å². The molecule has 0 aliphatic heterocycles. The first-order valence-corrected chi connectivity index (χ1v) is 7.52. The zero-order valence-corrected chi connectivity index (χ0v) is 13.3. The number of halogens is 2. The van der Waals surface area contributed by atoms with Crippen molar-refractivity contribution in [1.82, 2.24) is 9.80 Å². The zero-order chi connectivity index (χ0) is 15.8. The first-order chi connectivity index (χ1) is 9.95. The summed E-state index contributed by atoms with van der Waals surface area (Å²) in [6.45, 7) is 5.85. The van der Waals surface area contributed by atoms with E-state index in [2.05, 4.69) is 16.7 Å². The normalized spacial score (nSPS) is 13.1. The van der Waals surface area contributed by atoms with Gasteiger partial charge in [-0.15, -0.1) is 0 Å². The minimum absolute atomic E-state index is 0.263. The van der Waals surface area contributed by atoms with Crippen molar-refractivity contribution >= 4 is 0 Å². The fourth-order valence-corrected chi connectivity index (χ4v) is 2.28. The number of hydrogen-bond donors (Lipinski definition) is 1. The van der Waals surface area contributed by atoms with Gasteiger partial charge in [0, 0.05) is 24.7 Å². The maximum Gasteiger partial charge on any atom is 0.163 e. The van der Waals surface area contributed by atoms with Gasteiger partial charge in [0.2, 0.25) is 0 Å². The molecule has 3 nitrogen and oxygen atoms in total. The second kappa shape index (κ2) is 9.07. The molecule has 0 heterocycles. The Morgan fingerprint density at radius 1 is 1.10 bits per heavy atom. The minimum atomic E-state index is -0.832. The van der Waals surface area contributed by atoms with Crippen LogP contribution < -0.4 is 5.73 Å². The van der Waals surface area contributed by atoms with Gasteiger partial charge in [0.1, 0.15) is 0 Å². The summed E-state index contributed by atoms with van der Waals surface area (Å²) in [5, 5.41) is 0. The topological polar surface area (TPSA) is 32.5 Å². The molecule has 0 bridgehead atoms. The third kappa shape index (κ3) is 6.08. The van der Waals surface area contributed by atoms with Crippen LogP contribution in [0.1, 0.15) is 31.4 Å². The Morgan fingerprint density at radius 3 is 2.43 bits per heavy atom. The second-order valence-electron chi connectivity index (χ2n) is 5.68. The highest BCUT2D eigenvalue weighted by Crippen LogP contribution is 2.20. The lowest BCUT2D eigenvalue weighted by molar-refractivity contribution is 0.233. The molecule has 1 aromatic carbocycles. The maximum absolute atomic E-state index is 13.7. The van der Waals surface area contributed by atoms with E-state index in [-0.39, 0.29) is 5.56 Å². The van der Waals surface area contributed by atoms with Crippen molar-refractivity contribution in [2.45, 2.75) is 25.8 Å². The van der Waals surface area contributed by atoms with Crippen molar-refractivity contribution in [3.05, 3.63) is 35.4 Å². The highest BCUT2D eigenvalue weighted by Gasteiger charge is 2.15. The molecule has 2 N–H and O–H groups in total. The molecular formula is C16H27F2N3. The molecule has 0 aromatic heterocycles. The van der Waals surface area contributed by atoms with Crippen LogP contribution in [0.15, 0.2) is 18.2 Å². The lowest BCUT2D eigenvalue weighted by Gasteiger charge is -2.25. The van der Waals surface area contributed by atoms with Gasteiger partial charge >= 0.3 is 0 Å². The summed E-state index contributed by atoms with van der Waals surface area (Å²) in [6, 6.07) is 3.71. The van der Waals surface area contributed by atoms with Crippen LogP contribution in [-0.4, -0.2) is 50.1 Å². The fraction of sp³-hybridized carbons (Fsp3) is 0.625.